The number of aromatic hydroxyl groups is 1. The second-order valence-electron chi connectivity index (χ2n) is 5.31. The molecule has 0 aliphatic carbocycles. The number of methoxy groups -OCH3 is 2. The van der Waals surface area contributed by atoms with Crippen LogP contribution in [0.1, 0.15) is 16.1 Å². The highest BCUT2D eigenvalue weighted by Crippen LogP contribution is 2.39. The zero-order valence-corrected chi connectivity index (χ0v) is 15.1. The van der Waals surface area contributed by atoms with Gasteiger partial charge < -0.3 is 19.3 Å². The monoisotopic (exact) mass is 371 g/mol. The first-order chi connectivity index (χ1) is 12.6. The van der Waals surface area contributed by atoms with Gasteiger partial charge in [-0.1, -0.05) is 12.1 Å². The summed E-state index contributed by atoms with van der Waals surface area (Å²) in [5.74, 6) is 0.722. The van der Waals surface area contributed by atoms with E-state index in [2.05, 4.69) is 4.98 Å². The summed E-state index contributed by atoms with van der Waals surface area (Å²) in [6, 6.07) is 11.6. The summed E-state index contributed by atoms with van der Waals surface area (Å²) < 4.78 is 16.0. The van der Waals surface area contributed by atoms with Crippen LogP contribution in [-0.2, 0) is 11.3 Å². The Kier molecular flexibility index (Phi) is 5.38. The number of carbonyl (C=O) groups excluding carboxylic acids is 1. The van der Waals surface area contributed by atoms with E-state index in [1.54, 1.807) is 26.4 Å². The third kappa shape index (κ3) is 3.78. The molecule has 0 aliphatic rings. The number of phenolic OH excluding ortho intramolecular Hbond substituents is 1. The fourth-order valence-electron chi connectivity index (χ4n) is 2.41. The first-order valence-electron chi connectivity index (χ1n) is 7.74. The van der Waals surface area contributed by atoms with Crippen LogP contribution in [0.25, 0.3) is 10.6 Å². The van der Waals surface area contributed by atoms with E-state index in [1.165, 1.54) is 23.5 Å². The summed E-state index contributed by atoms with van der Waals surface area (Å²) in [5.41, 5.74) is 1.72. The molecule has 1 aromatic heterocycles. The first kappa shape index (κ1) is 17.8. The van der Waals surface area contributed by atoms with Crippen molar-refractivity contribution < 1.29 is 24.1 Å². The molecule has 26 heavy (non-hydrogen) atoms. The van der Waals surface area contributed by atoms with Crippen LogP contribution in [0.4, 0.5) is 0 Å². The van der Waals surface area contributed by atoms with Crippen LogP contribution >= 0.6 is 11.3 Å². The maximum atomic E-state index is 12.0. The third-order valence-corrected chi connectivity index (χ3v) is 4.54. The number of carbonyl (C=O) groups is 1. The minimum Gasteiger partial charge on any atom is -0.508 e. The second-order valence-corrected chi connectivity index (χ2v) is 6.17. The molecule has 1 heterocycles. The molecule has 0 unspecified atom stereocenters. The summed E-state index contributed by atoms with van der Waals surface area (Å²) in [6.45, 7) is 0.0390. The van der Waals surface area contributed by atoms with Crippen molar-refractivity contribution in [1.29, 1.82) is 0 Å². The number of phenols is 1. The number of nitrogens with zero attached hydrogens (tertiary/aromatic N) is 1. The van der Waals surface area contributed by atoms with Gasteiger partial charge in [0.05, 0.1) is 31.0 Å². The number of benzene rings is 2. The third-order valence-electron chi connectivity index (χ3n) is 3.62. The molecule has 134 valence electrons. The zero-order chi connectivity index (χ0) is 18.5. The number of aromatic nitrogens is 1. The van der Waals surface area contributed by atoms with Gasteiger partial charge in [0.15, 0.2) is 11.5 Å². The lowest BCUT2D eigenvalue weighted by atomic mass is 10.2. The van der Waals surface area contributed by atoms with Crippen molar-refractivity contribution in [2.75, 3.05) is 14.2 Å². The van der Waals surface area contributed by atoms with Crippen LogP contribution in [0, 0.1) is 0 Å². The zero-order valence-electron chi connectivity index (χ0n) is 14.3. The normalized spacial score (nSPS) is 10.4. The number of hydrogen-bond donors (Lipinski definition) is 1. The lowest BCUT2D eigenvalue weighted by molar-refractivity contribution is 0.0468. The van der Waals surface area contributed by atoms with E-state index >= 15 is 0 Å². The number of hydrogen-bond acceptors (Lipinski definition) is 7. The van der Waals surface area contributed by atoms with Gasteiger partial charge in [0.2, 0.25) is 0 Å². The SMILES string of the molecule is COc1cccc(-c2nc(COC(=O)c3cccc(O)c3)cs2)c1OC. The van der Waals surface area contributed by atoms with Crippen LogP contribution in [0.3, 0.4) is 0 Å². The molecule has 0 atom stereocenters. The predicted molar refractivity (Wildman–Crippen MR) is 97.9 cm³/mol. The Labute approximate surface area is 154 Å². The van der Waals surface area contributed by atoms with Crippen molar-refractivity contribution in [3.63, 3.8) is 0 Å². The summed E-state index contributed by atoms with van der Waals surface area (Å²) in [6.07, 6.45) is 0. The molecule has 0 bridgehead atoms. The minimum atomic E-state index is -0.519. The van der Waals surface area contributed by atoms with E-state index in [1.807, 2.05) is 23.6 Å². The van der Waals surface area contributed by atoms with Crippen molar-refractivity contribution in [3.8, 4) is 27.8 Å². The van der Waals surface area contributed by atoms with Gasteiger partial charge in [-0.3, -0.25) is 0 Å². The quantitative estimate of drug-likeness (QED) is 0.663. The van der Waals surface area contributed by atoms with Crippen molar-refractivity contribution in [1.82, 2.24) is 4.98 Å². The maximum Gasteiger partial charge on any atom is 0.338 e. The van der Waals surface area contributed by atoms with Crippen molar-refractivity contribution in [3.05, 3.63) is 59.1 Å². The van der Waals surface area contributed by atoms with Crippen molar-refractivity contribution in [2.24, 2.45) is 0 Å². The number of rotatable bonds is 6. The molecular formula is C19H17NO5S. The van der Waals surface area contributed by atoms with Crippen molar-refractivity contribution >= 4 is 17.3 Å². The molecule has 0 amide bonds. The number of ether oxygens (including phenoxy) is 3. The van der Waals surface area contributed by atoms with Gasteiger partial charge in [-0.05, 0) is 30.3 Å². The lowest BCUT2D eigenvalue weighted by Gasteiger charge is -2.10. The smallest absolute Gasteiger partial charge is 0.338 e. The Bertz CT molecular complexity index is 922. The van der Waals surface area contributed by atoms with Crippen molar-refractivity contribution in [2.45, 2.75) is 6.61 Å². The first-order valence-corrected chi connectivity index (χ1v) is 8.62. The average Bonchev–Trinajstić information content (AvgIpc) is 3.14. The van der Waals surface area contributed by atoms with E-state index in [0.29, 0.717) is 17.2 Å². The Morgan fingerprint density at radius 2 is 1.96 bits per heavy atom. The molecule has 0 fully saturated rings. The molecule has 0 saturated heterocycles. The molecule has 0 aliphatic heterocycles. The highest BCUT2D eigenvalue weighted by molar-refractivity contribution is 7.13. The molecule has 2 aromatic carbocycles. The van der Waals surface area contributed by atoms with Crippen LogP contribution in [0.2, 0.25) is 0 Å². The van der Waals surface area contributed by atoms with Gasteiger partial charge in [-0.2, -0.15) is 0 Å². The lowest BCUT2D eigenvalue weighted by Crippen LogP contribution is -2.05. The maximum absolute atomic E-state index is 12.0. The minimum absolute atomic E-state index is 0.0144. The second kappa shape index (κ2) is 7.88. The Morgan fingerprint density at radius 3 is 2.69 bits per heavy atom. The molecular weight excluding hydrogens is 354 g/mol. The molecule has 0 spiro atoms. The van der Waals surface area contributed by atoms with Gasteiger partial charge in [-0.25, -0.2) is 9.78 Å². The predicted octanol–water partition coefficient (Wildman–Crippen LogP) is 3.89. The number of thiazole rings is 1. The highest BCUT2D eigenvalue weighted by atomic mass is 32.1. The van der Waals surface area contributed by atoms with Crippen LogP contribution in [-0.4, -0.2) is 30.3 Å². The molecule has 1 N–H and O–H groups in total. The van der Waals surface area contributed by atoms with E-state index < -0.39 is 5.97 Å². The van der Waals surface area contributed by atoms with Gasteiger partial charge in [0, 0.05) is 5.38 Å². The topological polar surface area (TPSA) is 77.9 Å². The highest BCUT2D eigenvalue weighted by Gasteiger charge is 2.15. The Morgan fingerprint density at radius 1 is 1.15 bits per heavy atom. The number of para-hydroxylation sites is 1. The van der Waals surface area contributed by atoms with Gasteiger partial charge in [-0.15, -0.1) is 11.3 Å². The van der Waals surface area contributed by atoms with Gasteiger partial charge in [0.25, 0.3) is 0 Å². The fourth-order valence-corrected chi connectivity index (χ4v) is 3.23. The average molecular weight is 371 g/mol. The Balaban J connectivity index is 1.74. The molecule has 3 rings (SSSR count). The van der Waals surface area contributed by atoms with E-state index in [4.69, 9.17) is 14.2 Å². The summed E-state index contributed by atoms with van der Waals surface area (Å²) in [4.78, 5) is 16.5. The number of esters is 1. The van der Waals surface area contributed by atoms with E-state index in [-0.39, 0.29) is 17.9 Å². The summed E-state index contributed by atoms with van der Waals surface area (Å²) in [7, 11) is 3.16. The fraction of sp³-hybridized carbons (Fsp3) is 0.158. The summed E-state index contributed by atoms with van der Waals surface area (Å²) in [5, 5.41) is 12.0. The van der Waals surface area contributed by atoms with E-state index in [9.17, 15) is 9.90 Å². The summed E-state index contributed by atoms with van der Waals surface area (Å²) >= 11 is 1.42. The van der Waals surface area contributed by atoms with Crippen LogP contribution in [0.15, 0.2) is 47.8 Å². The Hall–Kier alpha value is -3.06. The molecule has 7 heteroatoms. The molecule has 0 saturated carbocycles. The van der Waals surface area contributed by atoms with Gasteiger partial charge >= 0.3 is 5.97 Å². The largest absolute Gasteiger partial charge is 0.508 e. The molecule has 3 aromatic rings. The van der Waals surface area contributed by atoms with Crippen LogP contribution < -0.4 is 9.47 Å². The van der Waals surface area contributed by atoms with E-state index in [0.717, 1.165) is 10.6 Å². The molecule has 6 nitrogen and oxygen atoms in total. The van der Waals surface area contributed by atoms with Crippen LogP contribution in [0.5, 0.6) is 17.2 Å². The van der Waals surface area contributed by atoms with Gasteiger partial charge in [0.1, 0.15) is 17.4 Å². The molecule has 0 radical (unpaired) electrons. The standard InChI is InChI=1S/C19H17NO5S/c1-23-16-8-4-7-15(17(16)24-2)18-20-13(11-26-18)10-25-19(22)12-5-3-6-14(21)9-12/h3-9,11,21H,10H2,1-2H3.